The van der Waals surface area contributed by atoms with Gasteiger partial charge in [0.2, 0.25) is 5.91 Å². The summed E-state index contributed by atoms with van der Waals surface area (Å²) < 4.78 is 0. The number of hydrogen-bond donors (Lipinski definition) is 1. The third-order valence-electron chi connectivity index (χ3n) is 6.39. The van der Waals surface area contributed by atoms with Crippen molar-refractivity contribution in [1.29, 1.82) is 0 Å². The lowest BCUT2D eigenvalue weighted by Gasteiger charge is -2.42. The first-order valence-corrected chi connectivity index (χ1v) is 9.80. The van der Waals surface area contributed by atoms with E-state index >= 15 is 0 Å². The Bertz CT molecular complexity index is 364. The van der Waals surface area contributed by atoms with Crippen molar-refractivity contribution in [1.82, 2.24) is 10.2 Å². The van der Waals surface area contributed by atoms with E-state index in [1.807, 2.05) is 0 Å². The monoisotopic (exact) mass is 306 g/mol. The first-order valence-electron chi connectivity index (χ1n) is 9.80. The Morgan fingerprint density at radius 1 is 1.00 bits per heavy atom. The van der Waals surface area contributed by atoms with E-state index in [1.165, 1.54) is 38.5 Å². The van der Waals surface area contributed by atoms with E-state index in [-0.39, 0.29) is 0 Å². The van der Waals surface area contributed by atoms with Crippen molar-refractivity contribution in [3.63, 3.8) is 0 Å². The molecule has 22 heavy (non-hydrogen) atoms. The number of hydrogen-bond acceptors (Lipinski definition) is 2. The molecule has 3 fully saturated rings. The van der Waals surface area contributed by atoms with Crippen molar-refractivity contribution in [2.45, 2.75) is 77.2 Å². The standard InChI is InChI=1S/C19H34N2O/c1-2-13-21(18-9-11-20-12-10-18)19(22)17-8-7-15-5-3-4-6-16(15)14-17/h15-18,20H,2-14H2,1H3. The molecule has 126 valence electrons. The maximum absolute atomic E-state index is 13.2. The lowest BCUT2D eigenvalue weighted by molar-refractivity contribution is -0.141. The van der Waals surface area contributed by atoms with Crippen LogP contribution in [0.2, 0.25) is 0 Å². The third kappa shape index (κ3) is 3.67. The van der Waals surface area contributed by atoms with E-state index in [4.69, 9.17) is 0 Å². The van der Waals surface area contributed by atoms with Crippen LogP contribution in [0, 0.1) is 17.8 Å². The lowest BCUT2D eigenvalue weighted by atomic mass is 9.67. The zero-order valence-electron chi connectivity index (χ0n) is 14.4. The van der Waals surface area contributed by atoms with Gasteiger partial charge >= 0.3 is 0 Å². The molecule has 3 unspecified atom stereocenters. The van der Waals surface area contributed by atoms with Crippen LogP contribution in [0.15, 0.2) is 0 Å². The summed E-state index contributed by atoms with van der Waals surface area (Å²) in [5, 5.41) is 3.43. The summed E-state index contributed by atoms with van der Waals surface area (Å²) in [6, 6.07) is 0.498. The van der Waals surface area contributed by atoms with Crippen molar-refractivity contribution in [2.24, 2.45) is 17.8 Å². The van der Waals surface area contributed by atoms with Gasteiger partial charge < -0.3 is 10.2 Å². The highest BCUT2D eigenvalue weighted by atomic mass is 16.2. The van der Waals surface area contributed by atoms with E-state index in [9.17, 15) is 4.79 Å². The molecular weight excluding hydrogens is 272 g/mol. The molecule has 3 nitrogen and oxygen atoms in total. The van der Waals surface area contributed by atoms with Gasteiger partial charge in [0.1, 0.15) is 0 Å². The van der Waals surface area contributed by atoms with E-state index in [0.717, 1.165) is 57.2 Å². The summed E-state index contributed by atoms with van der Waals surface area (Å²) in [4.78, 5) is 15.4. The minimum Gasteiger partial charge on any atom is -0.339 e. The Balaban J connectivity index is 1.62. The molecule has 3 aliphatic rings. The molecule has 0 spiro atoms. The number of rotatable bonds is 4. The molecule has 1 saturated heterocycles. The molecule has 3 rings (SSSR count). The largest absolute Gasteiger partial charge is 0.339 e. The second-order valence-corrected chi connectivity index (χ2v) is 7.83. The normalized spacial score (nSPS) is 33.2. The van der Waals surface area contributed by atoms with Crippen molar-refractivity contribution in [2.75, 3.05) is 19.6 Å². The van der Waals surface area contributed by atoms with Gasteiger partial charge in [0.15, 0.2) is 0 Å². The second kappa shape index (κ2) is 7.81. The molecule has 1 aliphatic heterocycles. The zero-order valence-corrected chi connectivity index (χ0v) is 14.4. The summed E-state index contributed by atoms with van der Waals surface area (Å²) in [6.07, 6.45) is 12.7. The molecule has 3 heteroatoms. The molecule has 0 aromatic carbocycles. The molecule has 1 amide bonds. The average Bonchev–Trinajstić information content (AvgIpc) is 2.59. The van der Waals surface area contributed by atoms with Crippen LogP contribution in [0.4, 0.5) is 0 Å². The number of fused-ring (bicyclic) bond motifs is 1. The van der Waals surface area contributed by atoms with Crippen LogP contribution in [0.5, 0.6) is 0 Å². The van der Waals surface area contributed by atoms with Crippen LogP contribution >= 0.6 is 0 Å². The summed E-state index contributed by atoms with van der Waals surface area (Å²) in [5.41, 5.74) is 0. The van der Waals surface area contributed by atoms with Gasteiger partial charge in [-0.2, -0.15) is 0 Å². The Morgan fingerprint density at radius 3 is 2.45 bits per heavy atom. The first kappa shape index (κ1) is 16.3. The molecule has 0 aromatic rings. The highest BCUT2D eigenvalue weighted by molar-refractivity contribution is 5.79. The number of amides is 1. The van der Waals surface area contributed by atoms with E-state index in [2.05, 4.69) is 17.1 Å². The van der Waals surface area contributed by atoms with Crippen LogP contribution in [0.1, 0.15) is 71.1 Å². The predicted molar refractivity (Wildman–Crippen MR) is 90.7 cm³/mol. The fraction of sp³-hybridized carbons (Fsp3) is 0.947. The predicted octanol–water partition coefficient (Wildman–Crippen LogP) is 3.58. The molecule has 2 aliphatic carbocycles. The van der Waals surface area contributed by atoms with Gasteiger partial charge in [0.25, 0.3) is 0 Å². The van der Waals surface area contributed by atoms with Crippen LogP contribution < -0.4 is 5.32 Å². The number of nitrogens with one attached hydrogen (secondary N) is 1. The van der Waals surface area contributed by atoms with Gasteiger partial charge in [-0.1, -0.05) is 32.6 Å². The summed E-state index contributed by atoms with van der Waals surface area (Å²) in [6.45, 7) is 5.33. The van der Waals surface area contributed by atoms with E-state index < -0.39 is 0 Å². The van der Waals surface area contributed by atoms with Crippen LogP contribution in [0.25, 0.3) is 0 Å². The number of piperidine rings is 1. The maximum atomic E-state index is 13.2. The van der Waals surface area contributed by atoms with Crippen molar-refractivity contribution in [3.05, 3.63) is 0 Å². The quantitative estimate of drug-likeness (QED) is 0.861. The number of carbonyl (C=O) groups excluding carboxylic acids is 1. The fourth-order valence-corrected chi connectivity index (χ4v) is 5.16. The van der Waals surface area contributed by atoms with Gasteiger partial charge in [-0.05, 0) is 63.5 Å². The molecule has 0 aromatic heterocycles. The SMILES string of the molecule is CCCN(C(=O)C1CCC2CCCCC2C1)C1CCNCC1. The highest BCUT2D eigenvalue weighted by Gasteiger charge is 2.37. The van der Waals surface area contributed by atoms with Crippen LogP contribution in [-0.4, -0.2) is 36.5 Å². The van der Waals surface area contributed by atoms with E-state index in [0.29, 0.717) is 17.9 Å². The van der Waals surface area contributed by atoms with E-state index in [1.54, 1.807) is 0 Å². The Labute approximate surface area is 136 Å². The third-order valence-corrected chi connectivity index (χ3v) is 6.39. The molecule has 0 bridgehead atoms. The fourth-order valence-electron chi connectivity index (χ4n) is 5.16. The molecular formula is C19H34N2O. The Morgan fingerprint density at radius 2 is 1.73 bits per heavy atom. The maximum Gasteiger partial charge on any atom is 0.225 e. The zero-order chi connectivity index (χ0) is 15.4. The van der Waals surface area contributed by atoms with Crippen LogP contribution in [-0.2, 0) is 4.79 Å². The Hall–Kier alpha value is -0.570. The van der Waals surface area contributed by atoms with Crippen molar-refractivity contribution >= 4 is 5.91 Å². The topological polar surface area (TPSA) is 32.3 Å². The minimum absolute atomic E-state index is 0.334. The lowest BCUT2D eigenvalue weighted by Crippen LogP contribution is -2.49. The highest BCUT2D eigenvalue weighted by Crippen LogP contribution is 2.43. The number of nitrogens with zero attached hydrogens (tertiary/aromatic N) is 1. The van der Waals surface area contributed by atoms with Crippen molar-refractivity contribution < 1.29 is 4.79 Å². The molecule has 1 heterocycles. The van der Waals surface area contributed by atoms with Gasteiger partial charge in [-0.3, -0.25) is 4.79 Å². The minimum atomic E-state index is 0.334. The molecule has 3 atom stereocenters. The van der Waals surface area contributed by atoms with Gasteiger partial charge in [0, 0.05) is 18.5 Å². The van der Waals surface area contributed by atoms with Gasteiger partial charge in [-0.15, -0.1) is 0 Å². The summed E-state index contributed by atoms with van der Waals surface area (Å²) in [7, 11) is 0. The van der Waals surface area contributed by atoms with Crippen molar-refractivity contribution in [3.8, 4) is 0 Å². The van der Waals surface area contributed by atoms with Gasteiger partial charge in [0.05, 0.1) is 0 Å². The smallest absolute Gasteiger partial charge is 0.225 e. The number of carbonyl (C=O) groups is 1. The summed E-state index contributed by atoms with van der Waals surface area (Å²) in [5.74, 6) is 2.63. The Kier molecular flexibility index (Phi) is 5.78. The molecule has 2 saturated carbocycles. The molecule has 1 N–H and O–H groups in total. The second-order valence-electron chi connectivity index (χ2n) is 7.83. The first-order chi connectivity index (χ1) is 10.8. The average molecular weight is 306 g/mol. The van der Waals surface area contributed by atoms with Crippen LogP contribution in [0.3, 0.4) is 0 Å². The molecule has 0 radical (unpaired) electrons. The van der Waals surface area contributed by atoms with Gasteiger partial charge in [-0.25, -0.2) is 0 Å². The summed E-state index contributed by atoms with van der Waals surface area (Å²) >= 11 is 0.